The van der Waals surface area contributed by atoms with Gasteiger partial charge in [0.15, 0.2) is 0 Å². The SMILES string of the molecule is COCC(F)(F)c1ccc(Oc2ncccc2-c2cnccc2OC)cn1. The maximum Gasteiger partial charge on any atom is 0.312 e. The van der Waals surface area contributed by atoms with Crippen molar-refractivity contribution in [2.45, 2.75) is 5.92 Å². The minimum Gasteiger partial charge on any atom is -0.496 e. The summed E-state index contributed by atoms with van der Waals surface area (Å²) in [7, 11) is 2.76. The average Bonchev–Trinajstić information content (AvgIpc) is 2.69. The zero-order chi connectivity index (χ0) is 19.3. The number of alkyl halides is 2. The van der Waals surface area contributed by atoms with Gasteiger partial charge < -0.3 is 14.2 Å². The van der Waals surface area contributed by atoms with E-state index in [9.17, 15) is 8.78 Å². The van der Waals surface area contributed by atoms with E-state index in [1.54, 1.807) is 43.9 Å². The first-order chi connectivity index (χ1) is 13.0. The van der Waals surface area contributed by atoms with Crippen molar-refractivity contribution in [1.29, 1.82) is 0 Å². The summed E-state index contributed by atoms with van der Waals surface area (Å²) in [6.45, 7) is -0.745. The number of rotatable bonds is 7. The number of hydrogen-bond donors (Lipinski definition) is 0. The number of pyridine rings is 3. The lowest BCUT2D eigenvalue weighted by Crippen LogP contribution is -2.21. The molecule has 0 aromatic carbocycles. The van der Waals surface area contributed by atoms with Gasteiger partial charge in [-0.1, -0.05) is 0 Å². The lowest BCUT2D eigenvalue weighted by molar-refractivity contribution is -0.0731. The van der Waals surface area contributed by atoms with E-state index >= 15 is 0 Å². The number of aromatic nitrogens is 3. The molecule has 6 nitrogen and oxygen atoms in total. The highest BCUT2D eigenvalue weighted by Crippen LogP contribution is 2.36. The molecule has 0 spiro atoms. The topological polar surface area (TPSA) is 66.4 Å². The van der Waals surface area contributed by atoms with Gasteiger partial charge >= 0.3 is 5.92 Å². The van der Waals surface area contributed by atoms with E-state index in [1.165, 1.54) is 25.4 Å². The molecule has 3 rings (SSSR count). The second kappa shape index (κ2) is 8.05. The van der Waals surface area contributed by atoms with Gasteiger partial charge in [0.1, 0.15) is 23.8 Å². The molecule has 0 saturated heterocycles. The molecule has 0 bridgehead atoms. The van der Waals surface area contributed by atoms with Gasteiger partial charge in [0.2, 0.25) is 5.88 Å². The van der Waals surface area contributed by atoms with Crippen molar-refractivity contribution < 1.29 is 23.0 Å². The normalized spacial score (nSPS) is 11.3. The van der Waals surface area contributed by atoms with Crippen LogP contribution < -0.4 is 9.47 Å². The Kier molecular flexibility index (Phi) is 5.56. The zero-order valence-electron chi connectivity index (χ0n) is 14.7. The minimum absolute atomic E-state index is 0.273. The Hall–Kier alpha value is -3.13. The van der Waals surface area contributed by atoms with Crippen LogP contribution in [0.5, 0.6) is 17.4 Å². The molecule has 0 saturated carbocycles. The summed E-state index contributed by atoms with van der Waals surface area (Å²) in [6.07, 6.45) is 6.03. The summed E-state index contributed by atoms with van der Waals surface area (Å²) in [5.74, 6) is -2.01. The van der Waals surface area contributed by atoms with Crippen LogP contribution in [0, 0.1) is 0 Å². The molecule has 0 aliphatic rings. The third kappa shape index (κ3) is 4.17. The Morgan fingerprint density at radius 1 is 0.963 bits per heavy atom. The van der Waals surface area contributed by atoms with Crippen LogP contribution in [0.15, 0.2) is 55.1 Å². The minimum atomic E-state index is -3.17. The van der Waals surface area contributed by atoms with Gasteiger partial charge in [-0.25, -0.2) is 4.98 Å². The molecule has 0 aliphatic heterocycles. The van der Waals surface area contributed by atoms with Gasteiger partial charge in [0.25, 0.3) is 0 Å². The fraction of sp³-hybridized carbons (Fsp3) is 0.211. The van der Waals surface area contributed by atoms with Crippen LogP contribution in [0.1, 0.15) is 5.69 Å². The Labute approximate surface area is 154 Å². The quantitative estimate of drug-likeness (QED) is 0.622. The number of nitrogens with zero attached hydrogens (tertiary/aromatic N) is 3. The van der Waals surface area contributed by atoms with Crippen LogP contribution in [0.25, 0.3) is 11.1 Å². The van der Waals surface area contributed by atoms with Crippen LogP contribution in [-0.4, -0.2) is 35.8 Å². The highest BCUT2D eigenvalue weighted by atomic mass is 19.3. The van der Waals surface area contributed by atoms with Gasteiger partial charge in [-0.05, 0) is 30.3 Å². The van der Waals surface area contributed by atoms with Crippen molar-refractivity contribution in [1.82, 2.24) is 15.0 Å². The van der Waals surface area contributed by atoms with Crippen LogP contribution in [0.2, 0.25) is 0 Å². The van der Waals surface area contributed by atoms with Crippen LogP contribution in [0.3, 0.4) is 0 Å². The van der Waals surface area contributed by atoms with Crippen molar-refractivity contribution >= 4 is 0 Å². The van der Waals surface area contributed by atoms with Gasteiger partial charge in [-0.15, -0.1) is 0 Å². The molecule has 0 amide bonds. The molecule has 3 heterocycles. The summed E-state index contributed by atoms with van der Waals surface area (Å²) < 4.78 is 43.3. The Morgan fingerprint density at radius 2 is 1.81 bits per heavy atom. The molecule has 0 N–H and O–H groups in total. The smallest absolute Gasteiger partial charge is 0.312 e. The number of halogens is 2. The molecule has 3 aromatic rings. The average molecular weight is 373 g/mol. The highest BCUT2D eigenvalue weighted by Gasteiger charge is 2.33. The lowest BCUT2D eigenvalue weighted by Gasteiger charge is -2.15. The Morgan fingerprint density at radius 3 is 2.52 bits per heavy atom. The molecule has 8 heteroatoms. The predicted molar refractivity (Wildman–Crippen MR) is 94.1 cm³/mol. The van der Waals surface area contributed by atoms with Gasteiger partial charge in [0, 0.05) is 36.8 Å². The standard InChI is InChI=1S/C19H17F2N3O3/c1-25-12-19(20,21)17-6-5-13(10-24-17)27-18-14(4-3-8-23-18)15-11-22-9-7-16(15)26-2/h3-11H,12H2,1-2H3. The van der Waals surface area contributed by atoms with E-state index in [4.69, 9.17) is 9.47 Å². The molecule has 0 fully saturated rings. The first-order valence-corrected chi connectivity index (χ1v) is 7.99. The first-order valence-electron chi connectivity index (χ1n) is 7.99. The number of ether oxygens (including phenoxy) is 3. The Bertz CT molecular complexity index is 905. The fourth-order valence-electron chi connectivity index (χ4n) is 2.46. The summed E-state index contributed by atoms with van der Waals surface area (Å²) in [5.41, 5.74) is 0.947. The third-order valence-corrected chi connectivity index (χ3v) is 3.71. The van der Waals surface area contributed by atoms with E-state index in [0.29, 0.717) is 16.9 Å². The number of methoxy groups -OCH3 is 2. The maximum absolute atomic E-state index is 13.8. The van der Waals surface area contributed by atoms with E-state index in [0.717, 1.165) is 0 Å². The monoisotopic (exact) mass is 373 g/mol. The Balaban J connectivity index is 1.89. The molecule has 27 heavy (non-hydrogen) atoms. The predicted octanol–water partition coefficient (Wildman–Crippen LogP) is 4.08. The van der Waals surface area contributed by atoms with Gasteiger partial charge in [0.05, 0.1) is 13.3 Å². The fourth-order valence-corrected chi connectivity index (χ4v) is 2.46. The van der Waals surface area contributed by atoms with E-state index in [-0.39, 0.29) is 11.6 Å². The van der Waals surface area contributed by atoms with Crippen LogP contribution >= 0.6 is 0 Å². The van der Waals surface area contributed by atoms with Crippen molar-refractivity contribution in [3.05, 3.63) is 60.8 Å². The van der Waals surface area contributed by atoms with Crippen molar-refractivity contribution in [2.75, 3.05) is 20.8 Å². The van der Waals surface area contributed by atoms with E-state index in [2.05, 4.69) is 19.7 Å². The molecular weight excluding hydrogens is 356 g/mol. The molecular formula is C19H17F2N3O3. The summed E-state index contributed by atoms with van der Waals surface area (Å²) in [4.78, 5) is 12.1. The molecule has 140 valence electrons. The summed E-state index contributed by atoms with van der Waals surface area (Å²) in [5, 5.41) is 0. The van der Waals surface area contributed by atoms with E-state index in [1.807, 2.05) is 0 Å². The van der Waals surface area contributed by atoms with Crippen molar-refractivity contribution in [2.24, 2.45) is 0 Å². The second-order valence-corrected chi connectivity index (χ2v) is 5.55. The molecule has 0 atom stereocenters. The number of hydrogen-bond acceptors (Lipinski definition) is 6. The maximum atomic E-state index is 13.8. The van der Waals surface area contributed by atoms with Gasteiger partial charge in [-0.2, -0.15) is 8.78 Å². The van der Waals surface area contributed by atoms with Crippen molar-refractivity contribution in [3.63, 3.8) is 0 Å². The molecule has 0 unspecified atom stereocenters. The largest absolute Gasteiger partial charge is 0.496 e. The summed E-state index contributed by atoms with van der Waals surface area (Å²) >= 11 is 0. The van der Waals surface area contributed by atoms with Crippen LogP contribution in [0.4, 0.5) is 8.78 Å². The van der Waals surface area contributed by atoms with Crippen LogP contribution in [-0.2, 0) is 10.7 Å². The molecule has 3 aromatic heterocycles. The third-order valence-electron chi connectivity index (χ3n) is 3.71. The first kappa shape index (κ1) is 18.7. The highest BCUT2D eigenvalue weighted by molar-refractivity contribution is 5.73. The summed E-state index contributed by atoms with van der Waals surface area (Å²) in [6, 6.07) is 7.88. The second-order valence-electron chi connectivity index (χ2n) is 5.55. The lowest BCUT2D eigenvalue weighted by atomic mass is 10.1. The van der Waals surface area contributed by atoms with Gasteiger partial charge in [-0.3, -0.25) is 9.97 Å². The van der Waals surface area contributed by atoms with E-state index < -0.39 is 18.2 Å². The molecule has 0 aliphatic carbocycles. The van der Waals surface area contributed by atoms with Crippen molar-refractivity contribution in [3.8, 4) is 28.5 Å². The molecule has 0 radical (unpaired) electrons. The zero-order valence-corrected chi connectivity index (χ0v) is 14.7.